The number of aryl methyl sites for hydroxylation is 1. The first kappa shape index (κ1) is 23.4. The molecule has 4 aromatic rings. The molecule has 0 spiro atoms. The SMILES string of the molecule is Cc1ccc(-c2nnc(NCc3ccccc3)c3ccccc23)cc1S(=O)(=O)NCC1CCCO1. The van der Waals surface area contributed by atoms with Gasteiger partial charge in [-0.25, -0.2) is 13.1 Å². The van der Waals surface area contributed by atoms with Crippen molar-refractivity contribution in [3.63, 3.8) is 0 Å². The van der Waals surface area contributed by atoms with Crippen LogP contribution in [-0.4, -0.2) is 37.9 Å². The second-order valence-electron chi connectivity index (χ2n) is 8.75. The molecule has 1 unspecified atom stereocenters. The van der Waals surface area contributed by atoms with Crippen molar-refractivity contribution in [2.24, 2.45) is 0 Å². The Morgan fingerprint density at radius 1 is 0.971 bits per heavy atom. The van der Waals surface area contributed by atoms with E-state index in [4.69, 9.17) is 4.74 Å². The Labute approximate surface area is 205 Å². The number of sulfonamides is 1. The molecule has 180 valence electrons. The first-order valence-corrected chi connectivity index (χ1v) is 13.2. The largest absolute Gasteiger partial charge is 0.377 e. The molecule has 35 heavy (non-hydrogen) atoms. The summed E-state index contributed by atoms with van der Waals surface area (Å²) in [5, 5.41) is 14.2. The van der Waals surface area contributed by atoms with E-state index in [0.717, 1.165) is 29.2 Å². The molecule has 0 saturated carbocycles. The molecule has 1 atom stereocenters. The summed E-state index contributed by atoms with van der Waals surface area (Å²) in [4.78, 5) is 0.241. The third kappa shape index (κ3) is 5.19. The van der Waals surface area contributed by atoms with E-state index in [9.17, 15) is 8.42 Å². The molecule has 5 rings (SSSR count). The van der Waals surface area contributed by atoms with E-state index in [0.29, 0.717) is 35.8 Å². The predicted molar refractivity (Wildman–Crippen MR) is 138 cm³/mol. The van der Waals surface area contributed by atoms with Crippen molar-refractivity contribution in [2.75, 3.05) is 18.5 Å². The minimum absolute atomic E-state index is 0.0704. The highest BCUT2D eigenvalue weighted by Gasteiger charge is 2.23. The van der Waals surface area contributed by atoms with Crippen molar-refractivity contribution < 1.29 is 13.2 Å². The van der Waals surface area contributed by atoms with Crippen molar-refractivity contribution in [3.05, 3.63) is 83.9 Å². The molecule has 0 amide bonds. The van der Waals surface area contributed by atoms with Gasteiger partial charge in [-0.1, -0.05) is 66.7 Å². The number of hydrogen-bond acceptors (Lipinski definition) is 6. The lowest BCUT2D eigenvalue weighted by Gasteiger charge is -2.15. The molecule has 7 nitrogen and oxygen atoms in total. The van der Waals surface area contributed by atoms with Gasteiger partial charge in [0.25, 0.3) is 0 Å². The highest BCUT2D eigenvalue weighted by atomic mass is 32.2. The monoisotopic (exact) mass is 488 g/mol. The fourth-order valence-corrected chi connectivity index (χ4v) is 5.69. The molecule has 0 aliphatic carbocycles. The van der Waals surface area contributed by atoms with Gasteiger partial charge in [0, 0.05) is 36.0 Å². The molecule has 2 heterocycles. The van der Waals surface area contributed by atoms with E-state index in [1.165, 1.54) is 0 Å². The van der Waals surface area contributed by atoms with E-state index >= 15 is 0 Å². The summed E-state index contributed by atoms with van der Waals surface area (Å²) in [6, 6.07) is 23.4. The van der Waals surface area contributed by atoms with Gasteiger partial charge < -0.3 is 10.1 Å². The summed E-state index contributed by atoms with van der Waals surface area (Å²) in [7, 11) is -3.70. The van der Waals surface area contributed by atoms with Crippen LogP contribution in [0.3, 0.4) is 0 Å². The third-order valence-electron chi connectivity index (χ3n) is 6.27. The lowest BCUT2D eigenvalue weighted by molar-refractivity contribution is 0.114. The van der Waals surface area contributed by atoms with Gasteiger partial charge >= 0.3 is 0 Å². The van der Waals surface area contributed by atoms with Gasteiger partial charge in [0.05, 0.1) is 11.0 Å². The van der Waals surface area contributed by atoms with Crippen LogP contribution in [0.15, 0.2) is 77.7 Å². The molecule has 1 fully saturated rings. The average Bonchev–Trinajstić information content (AvgIpc) is 3.41. The fourth-order valence-electron chi connectivity index (χ4n) is 4.35. The van der Waals surface area contributed by atoms with Crippen LogP contribution in [0.25, 0.3) is 22.0 Å². The maximum Gasteiger partial charge on any atom is 0.240 e. The van der Waals surface area contributed by atoms with Gasteiger partial charge in [0.2, 0.25) is 10.0 Å². The van der Waals surface area contributed by atoms with Crippen LogP contribution in [0.4, 0.5) is 5.82 Å². The first-order valence-electron chi connectivity index (χ1n) is 11.8. The van der Waals surface area contributed by atoms with Gasteiger partial charge in [-0.3, -0.25) is 0 Å². The normalized spacial score (nSPS) is 16.0. The van der Waals surface area contributed by atoms with Gasteiger partial charge in [0.15, 0.2) is 5.82 Å². The van der Waals surface area contributed by atoms with Gasteiger partial charge in [-0.15, -0.1) is 10.2 Å². The Balaban J connectivity index is 1.46. The Hall–Kier alpha value is -3.33. The lowest BCUT2D eigenvalue weighted by Crippen LogP contribution is -2.32. The molecule has 1 saturated heterocycles. The Morgan fingerprint density at radius 2 is 1.74 bits per heavy atom. The summed E-state index contributed by atoms with van der Waals surface area (Å²) in [5.41, 5.74) is 3.16. The lowest BCUT2D eigenvalue weighted by atomic mass is 10.0. The van der Waals surface area contributed by atoms with E-state index in [2.05, 4.69) is 32.4 Å². The summed E-state index contributed by atoms with van der Waals surface area (Å²) in [6.45, 7) is 3.38. The number of aromatic nitrogens is 2. The average molecular weight is 489 g/mol. The molecule has 1 aliphatic rings. The van der Waals surface area contributed by atoms with Crippen molar-refractivity contribution in [3.8, 4) is 11.3 Å². The Kier molecular flexibility index (Phi) is 6.77. The second-order valence-corrected chi connectivity index (χ2v) is 10.5. The number of rotatable bonds is 8. The zero-order valence-corrected chi connectivity index (χ0v) is 20.4. The first-order chi connectivity index (χ1) is 17.0. The molecular weight excluding hydrogens is 460 g/mol. The third-order valence-corrected chi connectivity index (χ3v) is 7.83. The molecule has 3 aromatic carbocycles. The second kappa shape index (κ2) is 10.1. The zero-order valence-electron chi connectivity index (χ0n) is 19.6. The number of ether oxygens (including phenoxy) is 1. The number of benzene rings is 3. The molecular formula is C27H28N4O3S. The number of nitrogens with one attached hydrogen (secondary N) is 2. The van der Waals surface area contributed by atoms with Gasteiger partial charge in [-0.2, -0.15) is 0 Å². The maximum atomic E-state index is 13.1. The van der Waals surface area contributed by atoms with Gasteiger partial charge in [0.1, 0.15) is 5.69 Å². The van der Waals surface area contributed by atoms with E-state index in [1.807, 2.05) is 54.6 Å². The molecule has 2 N–H and O–H groups in total. The van der Waals surface area contributed by atoms with Crippen molar-refractivity contribution in [2.45, 2.75) is 37.3 Å². The van der Waals surface area contributed by atoms with Crippen molar-refractivity contribution in [1.29, 1.82) is 0 Å². The summed E-state index contributed by atoms with van der Waals surface area (Å²) in [5.74, 6) is 0.686. The van der Waals surface area contributed by atoms with Gasteiger partial charge in [-0.05, 0) is 37.0 Å². The summed E-state index contributed by atoms with van der Waals surface area (Å²) < 4.78 is 34.5. The van der Waals surface area contributed by atoms with Crippen LogP contribution < -0.4 is 10.0 Å². The van der Waals surface area contributed by atoms with Crippen molar-refractivity contribution in [1.82, 2.24) is 14.9 Å². The molecule has 1 aromatic heterocycles. The highest BCUT2D eigenvalue weighted by Crippen LogP contribution is 2.32. The molecule has 8 heteroatoms. The maximum absolute atomic E-state index is 13.1. The number of anilines is 1. The standard InChI is InChI=1S/C27H28N4O3S/c1-19-13-14-21(16-25(19)35(32,33)29-18-22-10-7-15-34-22)26-23-11-5-6-12-24(23)27(31-30-26)28-17-20-8-3-2-4-9-20/h2-6,8-9,11-14,16,22,29H,7,10,15,17-18H2,1H3,(H,28,31). The predicted octanol–water partition coefficient (Wildman–Crippen LogP) is 4.67. The Bertz CT molecular complexity index is 1440. The molecule has 1 aliphatic heterocycles. The smallest absolute Gasteiger partial charge is 0.240 e. The van der Waals surface area contributed by atoms with Crippen LogP contribution in [0.5, 0.6) is 0 Å². The van der Waals surface area contributed by atoms with Crippen LogP contribution in [-0.2, 0) is 21.3 Å². The quantitative estimate of drug-likeness (QED) is 0.374. The highest BCUT2D eigenvalue weighted by molar-refractivity contribution is 7.89. The van der Waals surface area contributed by atoms with E-state index in [-0.39, 0.29) is 17.5 Å². The topological polar surface area (TPSA) is 93.2 Å². The van der Waals surface area contributed by atoms with Crippen LogP contribution in [0, 0.1) is 6.92 Å². The summed E-state index contributed by atoms with van der Waals surface area (Å²) in [6.07, 6.45) is 1.76. The summed E-state index contributed by atoms with van der Waals surface area (Å²) >= 11 is 0. The minimum atomic E-state index is -3.70. The fraction of sp³-hybridized carbons (Fsp3) is 0.259. The van der Waals surface area contributed by atoms with Crippen LogP contribution in [0.1, 0.15) is 24.0 Å². The minimum Gasteiger partial charge on any atom is -0.377 e. The molecule has 0 radical (unpaired) electrons. The van der Waals surface area contributed by atoms with E-state index < -0.39 is 10.0 Å². The van der Waals surface area contributed by atoms with E-state index in [1.54, 1.807) is 13.0 Å². The number of nitrogens with zero attached hydrogens (tertiary/aromatic N) is 2. The van der Waals surface area contributed by atoms with Crippen LogP contribution in [0.2, 0.25) is 0 Å². The number of fused-ring (bicyclic) bond motifs is 1. The number of hydrogen-bond donors (Lipinski definition) is 2. The van der Waals surface area contributed by atoms with Crippen LogP contribution >= 0.6 is 0 Å². The van der Waals surface area contributed by atoms with Crippen molar-refractivity contribution >= 4 is 26.6 Å². The Morgan fingerprint density at radius 3 is 2.51 bits per heavy atom. The molecule has 0 bridgehead atoms. The zero-order chi connectivity index (χ0) is 24.3.